The van der Waals surface area contributed by atoms with Crippen LogP contribution in [-0.4, -0.2) is 17.3 Å². The van der Waals surface area contributed by atoms with E-state index >= 15 is 0 Å². The summed E-state index contributed by atoms with van der Waals surface area (Å²) in [4.78, 5) is 9.86. The molecule has 0 saturated heterocycles. The summed E-state index contributed by atoms with van der Waals surface area (Å²) >= 11 is 5.43. The predicted molar refractivity (Wildman–Crippen MR) is 61.9 cm³/mol. The van der Waals surface area contributed by atoms with E-state index < -0.39 is 22.4 Å². The highest BCUT2D eigenvalue weighted by Crippen LogP contribution is 2.34. The van der Waals surface area contributed by atoms with Gasteiger partial charge in [0, 0.05) is 18.5 Å². The molecule has 0 radical (unpaired) electrons. The average molecular weight is 283 g/mol. The third-order valence-corrected chi connectivity index (χ3v) is 2.41. The maximum atomic E-state index is 12.4. The molecule has 0 aliphatic rings. The molecule has 0 fully saturated rings. The molecule has 0 aliphatic heterocycles. The number of halogens is 4. The highest BCUT2D eigenvalue weighted by Gasteiger charge is 2.32. The smallest absolute Gasteiger partial charge is 0.379 e. The second-order valence-corrected chi connectivity index (χ2v) is 3.83. The zero-order valence-corrected chi connectivity index (χ0v) is 9.88. The molecule has 100 valence electrons. The number of hydrogen-bond acceptors (Lipinski definition) is 3. The van der Waals surface area contributed by atoms with Crippen LogP contribution in [0.4, 0.5) is 24.5 Å². The highest BCUT2D eigenvalue weighted by atomic mass is 35.5. The van der Waals surface area contributed by atoms with Crippen LogP contribution in [-0.2, 0) is 6.18 Å². The van der Waals surface area contributed by atoms with Gasteiger partial charge < -0.3 is 5.32 Å². The van der Waals surface area contributed by atoms with Crippen LogP contribution in [0.15, 0.2) is 18.2 Å². The van der Waals surface area contributed by atoms with E-state index in [0.29, 0.717) is 24.9 Å². The van der Waals surface area contributed by atoms with E-state index in [1.165, 1.54) is 0 Å². The average Bonchev–Trinajstić information content (AvgIpc) is 2.28. The minimum atomic E-state index is -4.60. The second-order valence-electron chi connectivity index (χ2n) is 3.46. The van der Waals surface area contributed by atoms with Gasteiger partial charge in [-0.3, -0.25) is 10.1 Å². The molecule has 0 atom stereocenters. The quantitative estimate of drug-likeness (QED) is 0.388. The number of rotatable bonds is 5. The van der Waals surface area contributed by atoms with Crippen LogP contribution in [0.1, 0.15) is 12.0 Å². The molecule has 1 aromatic rings. The Morgan fingerprint density at radius 2 is 2.06 bits per heavy atom. The number of alkyl halides is 4. The molecule has 0 bridgehead atoms. The van der Waals surface area contributed by atoms with Crippen molar-refractivity contribution < 1.29 is 18.1 Å². The van der Waals surface area contributed by atoms with Crippen LogP contribution in [0.5, 0.6) is 0 Å². The van der Waals surface area contributed by atoms with Crippen molar-refractivity contribution in [3.8, 4) is 0 Å². The van der Waals surface area contributed by atoms with E-state index in [0.717, 1.165) is 12.1 Å². The van der Waals surface area contributed by atoms with Gasteiger partial charge in [-0.15, -0.1) is 11.6 Å². The molecule has 0 amide bonds. The number of nitrogens with one attached hydrogen (secondary N) is 1. The monoisotopic (exact) mass is 282 g/mol. The van der Waals surface area contributed by atoms with Crippen molar-refractivity contribution in [2.45, 2.75) is 12.6 Å². The molecule has 1 rings (SSSR count). The summed E-state index contributed by atoms with van der Waals surface area (Å²) in [5.41, 5.74) is -1.59. The summed E-state index contributed by atoms with van der Waals surface area (Å²) in [6.07, 6.45) is -4.04. The maximum absolute atomic E-state index is 12.4. The Balaban J connectivity index is 3.01. The molecule has 0 spiro atoms. The lowest BCUT2D eigenvalue weighted by Crippen LogP contribution is -2.09. The molecule has 1 N–H and O–H groups in total. The van der Waals surface area contributed by atoms with Crippen LogP contribution < -0.4 is 5.32 Å². The fourth-order valence-corrected chi connectivity index (χ4v) is 1.43. The van der Waals surface area contributed by atoms with Crippen molar-refractivity contribution in [3.05, 3.63) is 33.9 Å². The Labute approximate surface area is 106 Å². The molecule has 0 unspecified atom stereocenters. The topological polar surface area (TPSA) is 55.2 Å². The van der Waals surface area contributed by atoms with Gasteiger partial charge >= 0.3 is 6.18 Å². The third kappa shape index (κ3) is 3.76. The second kappa shape index (κ2) is 5.90. The van der Waals surface area contributed by atoms with Crippen LogP contribution >= 0.6 is 11.6 Å². The van der Waals surface area contributed by atoms with Gasteiger partial charge in [-0.05, 0) is 18.6 Å². The van der Waals surface area contributed by atoms with Gasteiger partial charge in [-0.1, -0.05) is 0 Å². The zero-order chi connectivity index (χ0) is 13.8. The Bertz CT molecular complexity index is 438. The minimum Gasteiger partial charge on any atom is -0.379 e. The van der Waals surface area contributed by atoms with Crippen molar-refractivity contribution in [3.63, 3.8) is 0 Å². The Morgan fingerprint density at radius 3 is 2.56 bits per heavy atom. The molecular weight excluding hydrogens is 273 g/mol. The maximum Gasteiger partial charge on any atom is 0.416 e. The number of benzene rings is 1. The van der Waals surface area contributed by atoms with Gasteiger partial charge in [0.2, 0.25) is 0 Å². The molecule has 18 heavy (non-hydrogen) atoms. The highest BCUT2D eigenvalue weighted by molar-refractivity contribution is 6.17. The van der Waals surface area contributed by atoms with E-state index in [-0.39, 0.29) is 5.69 Å². The molecular formula is C10H10ClF3N2O2. The standard InChI is InChI=1S/C10H10ClF3N2O2/c11-4-1-5-15-8-3-2-7(10(12,13)14)6-9(8)16(17)18/h2-3,6,15H,1,4-5H2. The summed E-state index contributed by atoms with van der Waals surface area (Å²) in [7, 11) is 0. The SMILES string of the molecule is O=[N+]([O-])c1cc(C(F)(F)F)ccc1NCCCCl. The number of hydrogen-bond donors (Lipinski definition) is 1. The van der Waals surface area contributed by atoms with E-state index in [9.17, 15) is 23.3 Å². The molecule has 0 aliphatic carbocycles. The van der Waals surface area contributed by atoms with Crippen LogP contribution in [0.25, 0.3) is 0 Å². The van der Waals surface area contributed by atoms with E-state index in [1.807, 2.05) is 0 Å². The zero-order valence-electron chi connectivity index (χ0n) is 9.13. The van der Waals surface area contributed by atoms with E-state index in [2.05, 4.69) is 5.32 Å². The van der Waals surface area contributed by atoms with Crippen molar-refractivity contribution in [2.75, 3.05) is 17.7 Å². The summed E-state index contributed by atoms with van der Waals surface area (Å²) in [6, 6.07) is 2.37. The van der Waals surface area contributed by atoms with Crippen LogP contribution in [0, 0.1) is 10.1 Å². The molecule has 4 nitrogen and oxygen atoms in total. The van der Waals surface area contributed by atoms with Crippen LogP contribution in [0.3, 0.4) is 0 Å². The number of nitrogens with zero attached hydrogens (tertiary/aromatic N) is 1. The van der Waals surface area contributed by atoms with Gasteiger partial charge in [0.05, 0.1) is 10.5 Å². The lowest BCUT2D eigenvalue weighted by atomic mass is 10.1. The molecule has 0 saturated carbocycles. The number of anilines is 1. The Hall–Kier alpha value is -1.50. The molecule has 8 heteroatoms. The molecule has 0 aromatic heterocycles. The van der Waals surface area contributed by atoms with Crippen LogP contribution in [0.2, 0.25) is 0 Å². The lowest BCUT2D eigenvalue weighted by molar-refractivity contribution is -0.384. The summed E-state index contributed by atoms with van der Waals surface area (Å²) < 4.78 is 37.2. The first-order chi connectivity index (χ1) is 8.36. The van der Waals surface area contributed by atoms with Gasteiger partial charge in [0.1, 0.15) is 5.69 Å². The third-order valence-electron chi connectivity index (χ3n) is 2.15. The molecule has 1 aromatic carbocycles. The first-order valence-electron chi connectivity index (χ1n) is 5.01. The summed E-state index contributed by atoms with van der Waals surface area (Å²) in [5.74, 6) is 0.363. The normalized spacial score (nSPS) is 11.3. The van der Waals surface area contributed by atoms with Crippen molar-refractivity contribution in [1.82, 2.24) is 0 Å². The Morgan fingerprint density at radius 1 is 1.39 bits per heavy atom. The first kappa shape index (κ1) is 14.6. The predicted octanol–water partition coefficient (Wildman–Crippen LogP) is 3.65. The fourth-order valence-electron chi connectivity index (χ4n) is 1.30. The lowest BCUT2D eigenvalue weighted by Gasteiger charge is -2.10. The van der Waals surface area contributed by atoms with Crippen molar-refractivity contribution >= 4 is 23.0 Å². The number of nitro groups is 1. The summed E-state index contributed by atoms with van der Waals surface area (Å²) in [6.45, 7) is 0.357. The van der Waals surface area contributed by atoms with Gasteiger partial charge in [0.15, 0.2) is 0 Å². The molecule has 0 heterocycles. The minimum absolute atomic E-state index is 0.0538. The first-order valence-corrected chi connectivity index (χ1v) is 5.55. The van der Waals surface area contributed by atoms with Gasteiger partial charge in [-0.2, -0.15) is 13.2 Å². The largest absolute Gasteiger partial charge is 0.416 e. The fraction of sp³-hybridized carbons (Fsp3) is 0.400. The summed E-state index contributed by atoms with van der Waals surface area (Å²) in [5, 5.41) is 13.4. The van der Waals surface area contributed by atoms with Gasteiger partial charge in [-0.25, -0.2) is 0 Å². The van der Waals surface area contributed by atoms with E-state index in [1.54, 1.807) is 0 Å². The van der Waals surface area contributed by atoms with E-state index in [4.69, 9.17) is 11.6 Å². The van der Waals surface area contributed by atoms with Crippen molar-refractivity contribution in [2.24, 2.45) is 0 Å². The number of nitro benzene ring substituents is 1. The van der Waals surface area contributed by atoms with Crippen molar-refractivity contribution in [1.29, 1.82) is 0 Å². The Kier molecular flexibility index (Phi) is 4.77. The van der Waals surface area contributed by atoms with Gasteiger partial charge in [0.25, 0.3) is 5.69 Å².